The van der Waals surface area contributed by atoms with Gasteiger partial charge in [-0.1, -0.05) is 30.8 Å². The average molecular weight is 403 g/mol. The Labute approximate surface area is 166 Å². The maximum Gasteiger partial charge on any atom is 0.267 e. The number of ether oxygens (including phenoxy) is 2. The van der Waals surface area contributed by atoms with Crippen LogP contribution in [0.5, 0.6) is 5.75 Å². The van der Waals surface area contributed by atoms with Crippen LogP contribution in [0, 0.1) is 0 Å². The van der Waals surface area contributed by atoms with Crippen LogP contribution in [-0.2, 0) is 17.8 Å². The Bertz CT molecular complexity index is 1070. The van der Waals surface area contributed by atoms with E-state index in [1.54, 1.807) is 34.8 Å². The summed E-state index contributed by atoms with van der Waals surface area (Å²) in [5.41, 5.74) is 1.50. The van der Waals surface area contributed by atoms with Crippen LogP contribution < -0.4 is 10.3 Å². The lowest BCUT2D eigenvalue weighted by Gasteiger charge is -2.30. The minimum atomic E-state index is -0.278. The molecule has 0 radical (unpaired) electrons. The van der Waals surface area contributed by atoms with Crippen molar-refractivity contribution >= 4 is 33.3 Å². The van der Waals surface area contributed by atoms with Crippen LogP contribution in [0.1, 0.15) is 31.2 Å². The second-order valence-corrected chi connectivity index (χ2v) is 9.36. The second kappa shape index (κ2) is 6.96. The van der Waals surface area contributed by atoms with Crippen molar-refractivity contribution in [3.05, 3.63) is 45.1 Å². The molecule has 27 heavy (non-hydrogen) atoms. The first-order chi connectivity index (χ1) is 12.9. The molecule has 0 bridgehead atoms. The number of fused-ring (bicyclic) bond motifs is 3. The van der Waals surface area contributed by atoms with Crippen LogP contribution in [-0.4, -0.2) is 28.0 Å². The molecule has 0 N–H and O–H groups in total. The highest BCUT2D eigenvalue weighted by atomic mass is 32.2. The molecule has 142 valence electrons. The predicted octanol–water partition coefficient (Wildman–Crippen LogP) is 4.42. The molecular weight excluding hydrogens is 380 g/mol. The van der Waals surface area contributed by atoms with E-state index >= 15 is 0 Å². The summed E-state index contributed by atoms with van der Waals surface area (Å²) in [5.74, 6) is 1.49. The first-order valence-corrected chi connectivity index (χ1v) is 10.7. The zero-order valence-electron chi connectivity index (χ0n) is 15.9. The summed E-state index contributed by atoms with van der Waals surface area (Å²) in [6.07, 6.45) is 0.714. The number of thioether (sulfide) groups is 1. The molecule has 0 saturated heterocycles. The zero-order chi connectivity index (χ0) is 19.2. The van der Waals surface area contributed by atoms with E-state index in [1.165, 1.54) is 0 Å². The van der Waals surface area contributed by atoms with E-state index in [9.17, 15) is 4.79 Å². The minimum Gasteiger partial charge on any atom is -0.495 e. The van der Waals surface area contributed by atoms with Crippen LogP contribution in [0.15, 0.2) is 34.2 Å². The Morgan fingerprint density at radius 2 is 2.15 bits per heavy atom. The number of para-hydroxylation sites is 2. The maximum absolute atomic E-state index is 13.7. The Hall–Kier alpha value is -1.83. The van der Waals surface area contributed by atoms with Gasteiger partial charge in [0.25, 0.3) is 5.56 Å². The number of hydrogen-bond acceptors (Lipinski definition) is 6. The third-order valence-corrected chi connectivity index (χ3v) is 6.59. The van der Waals surface area contributed by atoms with Gasteiger partial charge in [-0.15, -0.1) is 11.3 Å². The van der Waals surface area contributed by atoms with Gasteiger partial charge in [-0.05, 0) is 37.3 Å². The van der Waals surface area contributed by atoms with Crippen LogP contribution in [0.4, 0.5) is 0 Å². The normalized spacial score (nSPS) is 15.7. The fourth-order valence-corrected chi connectivity index (χ4v) is 5.30. The first kappa shape index (κ1) is 18.5. The van der Waals surface area contributed by atoms with Gasteiger partial charge in [-0.2, -0.15) is 0 Å². The van der Waals surface area contributed by atoms with E-state index in [4.69, 9.17) is 14.5 Å². The molecule has 1 aliphatic rings. The Kier molecular flexibility index (Phi) is 4.78. The summed E-state index contributed by atoms with van der Waals surface area (Å²) in [6.45, 7) is 6.72. The van der Waals surface area contributed by atoms with Gasteiger partial charge >= 0.3 is 0 Å². The van der Waals surface area contributed by atoms with E-state index in [-0.39, 0.29) is 11.2 Å². The number of hydrogen-bond donors (Lipinski definition) is 0. The number of thiophene rings is 1. The van der Waals surface area contributed by atoms with Gasteiger partial charge in [-0.25, -0.2) is 4.98 Å². The average Bonchev–Trinajstić information content (AvgIpc) is 2.99. The standard InChI is InChI=1S/C20H22N2O3S2/c1-5-26-19-21-17-16(12-10-20(2,3)25-11-15(12)27-17)18(23)22(19)13-8-6-7-9-14(13)24-4/h6-9H,5,10-11H2,1-4H3. The Morgan fingerprint density at radius 3 is 2.89 bits per heavy atom. The third-order valence-electron chi connectivity index (χ3n) is 4.67. The van der Waals surface area contributed by atoms with Crippen molar-refractivity contribution in [1.29, 1.82) is 0 Å². The smallest absolute Gasteiger partial charge is 0.267 e. The summed E-state index contributed by atoms with van der Waals surface area (Å²) >= 11 is 3.14. The van der Waals surface area contributed by atoms with Gasteiger partial charge in [0.05, 0.1) is 30.4 Å². The van der Waals surface area contributed by atoms with Crippen LogP contribution in [0.25, 0.3) is 15.9 Å². The topological polar surface area (TPSA) is 53.4 Å². The highest BCUT2D eigenvalue weighted by molar-refractivity contribution is 7.99. The van der Waals surface area contributed by atoms with Gasteiger partial charge in [0, 0.05) is 11.3 Å². The Balaban J connectivity index is 2.04. The lowest BCUT2D eigenvalue weighted by atomic mass is 9.94. The summed E-state index contributed by atoms with van der Waals surface area (Å²) in [4.78, 5) is 20.4. The summed E-state index contributed by atoms with van der Waals surface area (Å²) in [6, 6.07) is 7.58. The molecule has 0 fully saturated rings. The van der Waals surface area contributed by atoms with Crippen LogP contribution in [0.3, 0.4) is 0 Å². The van der Waals surface area contributed by atoms with Gasteiger partial charge in [0.15, 0.2) is 5.16 Å². The zero-order valence-corrected chi connectivity index (χ0v) is 17.5. The van der Waals surface area contributed by atoms with Crippen molar-refractivity contribution in [3.63, 3.8) is 0 Å². The van der Waals surface area contributed by atoms with Crippen LogP contribution in [0.2, 0.25) is 0 Å². The summed E-state index contributed by atoms with van der Waals surface area (Å²) < 4.78 is 13.2. The molecule has 7 heteroatoms. The van der Waals surface area contributed by atoms with Gasteiger partial charge in [-0.3, -0.25) is 9.36 Å². The number of nitrogens with zero attached hydrogens (tertiary/aromatic N) is 2. The second-order valence-electron chi connectivity index (χ2n) is 7.05. The Morgan fingerprint density at radius 1 is 1.37 bits per heavy atom. The van der Waals surface area contributed by atoms with E-state index in [1.807, 2.05) is 24.3 Å². The molecule has 1 aliphatic heterocycles. The van der Waals surface area contributed by atoms with Crippen molar-refractivity contribution in [2.24, 2.45) is 0 Å². The molecule has 2 aromatic heterocycles. The first-order valence-electron chi connectivity index (χ1n) is 8.92. The van der Waals surface area contributed by atoms with Crippen molar-refractivity contribution in [2.45, 2.75) is 44.6 Å². The molecule has 5 nitrogen and oxygen atoms in total. The largest absolute Gasteiger partial charge is 0.495 e. The number of rotatable bonds is 4. The van der Waals surface area contributed by atoms with Crippen molar-refractivity contribution < 1.29 is 9.47 Å². The quantitative estimate of drug-likeness (QED) is 0.478. The highest BCUT2D eigenvalue weighted by Gasteiger charge is 2.31. The van der Waals surface area contributed by atoms with Crippen molar-refractivity contribution in [2.75, 3.05) is 12.9 Å². The molecule has 3 aromatic rings. The fraction of sp³-hybridized carbons (Fsp3) is 0.400. The number of aromatic nitrogens is 2. The van der Waals surface area contributed by atoms with Gasteiger partial charge in [0.2, 0.25) is 0 Å². The fourth-order valence-electron chi connectivity index (χ4n) is 3.43. The van der Waals surface area contributed by atoms with Gasteiger partial charge < -0.3 is 9.47 Å². The maximum atomic E-state index is 13.7. The molecule has 3 heterocycles. The molecule has 0 atom stereocenters. The molecule has 4 rings (SSSR count). The predicted molar refractivity (Wildman–Crippen MR) is 111 cm³/mol. The summed E-state index contributed by atoms with van der Waals surface area (Å²) in [5, 5.41) is 1.41. The van der Waals surface area contributed by atoms with E-state index in [0.29, 0.717) is 23.9 Å². The molecule has 0 unspecified atom stereocenters. The van der Waals surface area contributed by atoms with Crippen LogP contribution >= 0.6 is 23.1 Å². The van der Waals surface area contributed by atoms with E-state index < -0.39 is 0 Å². The molecule has 1 aromatic carbocycles. The lowest BCUT2D eigenvalue weighted by Crippen LogP contribution is -2.32. The highest BCUT2D eigenvalue weighted by Crippen LogP contribution is 2.38. The lowest BCUT2D eigenvalue weighted by molar-refractivity contribution is -0.0379. The van der Waals surface area contributed by atoms with Crippen molar-refractivity contribution in [3.8, 4) is 11.4 Å². The number of methoxy groups -OCH3 is 1. The third kappa shape index (κ3) is 3.17. The molecule has 0 amide bonds. The van der Waals surface area contributed by atoms with Crippen molar-refractivity contribution in [1.82, 2.24) is 9.55 Å². The monoisotopic (exact) mass is 402 g/mol. The number of benzene rings is 1. The summed E-state index contributed by atoms with van der Waals surface area (Å²) in [7, 11) is 1.62. The molecule has 0 aliphatic carbocycles. The molecule has 0 spiro atoms. The molecular formula is C20H22N2O3S2. The van der Waals surface area contributed by atoms with E-state index in [2.05, 4.69) is 20.8 Å². The SMILES string of the molecule is CCSc1nc2sc3c(c2c(=O)n1-c1ccccc1OC)CC(C)(C)OC3. The van der Waals surface area contributed by atoms with Gasteiger partial charge in [0.1, 0.15) is 10.6 Å². The van der Waals surface area contributed by atoms with E-state index in [0.717, 1.165) is 32.1 Å². The molecule has 0 saturated carbocycles. The minimum absolute atomic E-state index is 0.0318.